The van der Waals surface area contributed by atoms with Crippen molar-refractivity contribution in [3.05, 3.63) is 30.1 Å². The fraction of sp³-hybridized carbons (Fsp3) is 0.583. The first-order valence-electron chi connectivity index (χ1n) is 5.51. The van der Waals surface area contributed by atoms with Crippen molar-refractivity contribution >= 4 is 0 Å². The van der Waals surface area contributed by atoms with Gasteiger partial charge < -0.3 is 9.64 Å². The van der Waals surface area contributed by atoms with E-state index < -0.39 is 0 Å². The molecule has 0 spiro atoms. The molecule has 2 rings (SSSR count). The van der Waals surface area contributed by atoms with Crippen LogP contribution in [-0.4, -0.2) is 43.2 Å². The molecular formula is C12H18N2O. The van der Waals surface area contributed by atoms with Crippen LogP contribution in [0.5, 0.6) is 0 Å². The van der Waals surface area contributed by atoms with Gasteiger partial charge >= 0.3 is 0 Å². The van der Waals surface area contributed by atoms with Crippen LogP contribution in [0.4, 0.5) is 0 Å². The first kappa shape index (κ1) is 10.6. The van der Waals surface area contributed by atoms with E-state index in [1.54, 1.807) is 7.11 Å². The summed E-state index contributed by atoms with van der Waals surface area (Å²) in [5.41, 5.74) is 1.42. The van der Waals surface area contributed by atoms with E-state index in [-0.39, 0.29) is 0 Å². The first-order valence-corrected chi connectivity index (χ1v) is 5.51. The van der Waals surface area contributed by atoms with Crippen LogP contribution in [0.3, 0.4) is 0 Å². The third-order valence-corrected chi connectivity index (χ3v) is 3.06. The van der Waals surface area contributed by atoms with Gasteiger partial charge in [0.05, 0.1) is 6.61 Å². The summed E-state index contributed by atoms with van der Waals surface area (Å²) >= 11 is 0. The lowest BCUT2D eigenvalue weighted by Crippen LogP contribution is -2.24. The molecule has 0 saturated carbocycles. The monoisotopic (exact) mass is 206 g/mol. The highest BCUT2D eigenvalue weighted by atomic mass is 16.5. The van der Waals surface area contributed by atoms with Crippen molar-refractivity contribution in [3.8, 4) is 0 Å². The molecule has 0 amide bonds. The molecule has 0 aliphatic carbocycles. The Bertz CT molecular complexity index is 289. The summed E-state index contributed by atoms with van der Waals surface area (Å²) in [6, 6.07) is 4.26. The summed E-state index contributed by atoms with van der Waals surface area (Å²) in [5.74, 6) is 0.685. The van der Waals surface area contributed by atoms with E-state index in [9.17, 15) is 0 Å². The molecule has 1 aliphatic heterocycles. The molecule has 1 saturated heterocycles. The molecule has 15 heavy (non-hydrogen) atoms. The summed E-state index contributed by atoms with van der Waals surface area (Å²) in [7, 11) is 1.76. The second-order valence-corrected chi connectivity index (χ2v) is 4.06. The molecule has 0 N–H and O–H groups in total. The van der Waals surface area contributed by atoms with Gasteiger partial charge in [0.15, 0.2) is 0 Å². The Morgan fingerprint density at radius 2 is 2.27 bits per heavy atom. The normalized spacial score (nSPS) is 22.1. The van der Waals surface area contributed by atoms with Gasteiger partial charge in [0, 0.05) is 32.6 Å². The number of hydrogen-bond acceptors (Lipinski definition) is 3. The maximum absolute atomic E-state index is 5.09. The predicted octanol–water partition coefficient (Wildman–Crippen LogP) is 1.52. The van der Waals surface area contributed by atoms with Gasteiger partial charge in [-0.15, -0.1) is 0 Å². The molecule has 82 valence electrons. The minimum Gasteiger partial charge on any atom is -0.383 e. The molecule has 1 unspecified atom stereocenters. The van der Waals surface area contributed by atoms with Crippen LogP contribution in [0.1, 0.15) is 17.9 Å². The number of rotatable bonds is 4. The Labute approximate surface area is 91.1 Å². The summed E-state index contributed by atoms with van der Waals surface area (Å²) in [6.45, 7) is 4.24. The van der Waals surface area contributed by atoms with Crippen molar-refractivity contribution in [1.82, 2.24) is 9.88 Å². The number of methoxy groups -OCH3 is 1. The summed E-state index contributed by atoms with van der Waals surface area (Å²) in [6.07, 6.45) is 5.02. The lowest BCUT2D eigenvalue weighted by molar-refractivity contribution is 0.160. The molecule has 0 radical (unpaired) electrons. The molecular weight excluding hydrogens is 188 g/mol. The van der Waals surface area contributed by atoms with E-state index >= 15 is 0 Å². The van der Waals surface area contributed by atoms with Gasteiger partial charge in [-0.3, -0.25) is 4.98 Å². The van der Waals surface area contributed by atoms with Crippen molar-refractivity contribution in [2.45, 2.75) is 12.3 Å². The third-order valence-electron chi connectivity index (χ3n) is 3.06. The number of pyridine rings is 1. The summed E-state index contributed by atoms with van der Waals surface area (Å²) in [4.78, 5) is 6.52. The van der Waals surface area contributed by atoms with E-state index in [1.807, 2.05) is 12.4 Å². The van der Waals surface area contributed by atoms with Gasteiger partial charge in [0.2, 0.25) is 0 Å². The maximum Gasteiger partial charge on any atom is 0.0589 e. The smallest absolute Gasteiger partial charge is 0.0589 e. The third kappa shape index (κ3) is 2.76. The zero-order valence-electron chi connectivity index (χ0n) is 9.22. The molecule has 1 atom stereocenters. The van der Waals surface area contributed by atoms with E-state index in [4.69, 9.17) is 4.74 Å². The molecule has 1 aliphatic rings. The summed E-state index contributed by atoms with van der Waals surface area (Å²) in [5, 5.41) is 0. The SMILES string of the molecule is COCCN1CCC(c2ccncc2)C1. The van der Waals surface area contributed by atoms with E-state index in [2.05, 4.69) is 22.0 Å². The molecule has 0 bridgehead atoms. The van der Waals surface area contributed by atoms with Crippen LogP contribution in [-0.2, 0) is 4.74 Å². The van der Waals surface area contributed by atoms with Crippen LogP contribution >= 0.6 is 0 Å². The average molecular weight is 206 g/mol. The summed E-state index contributed by atoms with van der Waals surface area (Å²) < 4.78 is 5.09. The molecule has 1 aromatic rings. The lowest BCUT2D eigenvalue weighted by atomic mass is 10.00. The standard InChI is InChI=1S/C12H18N2O/c1-15-9-8-14-7-4-12(10-14)11-2-5-13-6-3-11/h2-3,5-6,12H,4,7-10H2,1H3. The van der Waals surface area contributed by atoms with Crippen LogP contribution in [0, 0.1) is 0 Å². The van der Waals surface area contributed by atoms with Gasteiger partial charge in [-0.05, 0) is 36.6 Å². The average Bonchev–Trinajstić information content (AvgIpc) is 2.76. The number of hydrogen-bond donors (Lipinski definition) is 0. The fourth-order valence-corrected chi connectivity index (χ4v) is 2.16. The number of ether oxygens (including phenoxy) is 1. The number of nitrogens with zero attached hydrogens (tertiary/aromatic N) is 2. The van der Waals surface area contributed by atoms with Gasteiger partial charge in [-0.25, -0.2) is 0 Å². The van der Waals surface area contributed by atoms with Gasteiger partial charge in [0.1, 0.15) is 0 Å². The Morgan fingerprint density at radius 1 is 1.47 bits per heavy atom. The van der Waals surface area contributed by atoms with Crippen molar-refractivity contribution in [3.63, 3.8) is 0 Å². The highest BCUT2D eigenvalue weighted by Gasteiger charge is 2.22. The van der Waals surface area contributed by atoms with Crippen LogP contribution in [0.2, 0.25) is 0 Å². The zero-order chi connectivity index (χ0) is 10.5. The second-order valence-electron chi connectivity index (χ2n) is 4.06. The van der Waals surface area contributed by atoms with Crippen LogP contribution < -0.4 is 0 Å². The van der Waals surface area contributed by atoms with E-state index in [0.29, 0.717) is 5.92 Å². The maximum atomic E-state index is 5.09. The van der Waals surface area contributed by atoms with Crippen molar-refractivity contribution in [1.29, 1.82) is 0 Å². The van der Waals surface area contributed by atoms with Gasteiger partial charge in [0.25, 0.3) is 0 Å². The molecule has 0 aromatic carbocycles. The van der Waals surface area contributed by atoms with Crippen LogP contribution in [0.25, 0.3) is 0 Å². The predicted molar refractivity (Wildman–Crippen MR) is 59.9 cm³/mol. The second kappa shape index (κ2) is 5.24. The van der Waals surface area contributed by atoms with Crippen molar-refractivity contribution < 1.29 is 4.74 Å². The molecule has 2 heterocycles. The van der Waals surface area contributed by atoms with Crippen molar-refractivity contribution in [2.75, 3.05) is 33.4 Å². The molecule has 1 aromatic heterocycles. The Kier molecular flexibility index (Phi) is 3.69. The number of likely N-dealkylation sites (tertiary alicyclic amines) is 1. The molecule has 1 fully saturated rings. The van der Waals surface area contributed by atoms with Crippen molar-refractivity contribution in [2.24, 2.45) is 0 Å². The minimum absolute atomic E-state index is 0.685. The Hall–Kier alpha value is -0.930. The van der Waals surface area contributed by atoms with E-state index in [0.717, 1.165) is 19.7 Å². The van der Waals surface area contributed by atoms with Gasteiger partial charge in [-0.2, -0.15) is 0 Å². The highest BCUT2D eigenvalue weighted by molar-refractivity contribution is 5.17. The van der Waals surface area contributed by atoms with Crippen LogP contribution in [0.15, 0.2) is 24.5 Å². The largest absolute Gasteiger partial charge is 0.383 e. The lowest BCUT2D eigenvalue weighted by Gasteiger charge is -2.15. The van der Waals surface area contributed by atoms with E-state index in [1.165, 1.54) is 18.5 Å². The first-order chi connectivity index (χ1) is 7.40. The molecule has 3 nitrogen and oxygen atoms in total. The van der Waals surface area contributed by atoms with Gasteiger partial charge in [-0.1, -0.05) is 0 Å². The highest BCUT2D eigenvalue weighted by Crippen LogP contribution is 2.26. The Balaban J connectivity index is 1.87. The number of aromatic nitrogens is 1. The zero-order valence-corrected chi connectivity index (χ0v) is 9.22. The topological polar surface area (TPSA) is 25.4 Å². The quantitative estimate of drug-likeness (QED) is 0.747. The fourth-order valence-electron chi connectivity index (χ4n) is 2.16. The molecule has 3 heteroatoms. The Morgan fingerprint density at radius 3 is 3.00 bits per heavy atom. The minimum atomic E-state index is 0.685.